The fraction of sp³-hybridized carbons (Fsp3) is 0.769. The smallest absolute Gasteiger partial charge is 0.414 e. The molecule has 0 aromatic rings. The zero-order chi connectivity index (χ0) is 12.6. The van der Waals surface area contributed by atoms with Crippen molar-refractivity contribution >= 4 is 6.09 Å². The summed E-state index contributed by atoms with van der Waals surface area (Å²) in [7, 11) is 0. The summed E-state index contributed by atoms with van der Waals surface area (Å²) in [4.78, 5) is 13.8. The summed E-state index contributed by atoms with van der Waals surface area (Å²) < 4.78 is 5.40. The van der Waals surface area contributed by atoms with Gasteiger partial charge in [-0.15, -0.1) is 0 Å². The summed E-state index contributed by atoms with van der Waals surface area (Å²) in [5.41, 5.74) is 1.94. The van der Waals surface area contributed by atoms with Crippen molar-refractivity contribution in [2.75, 3.05) is 6.61 Å². The zero-order valence-electron chi connectivity index (χ0n) is 10.8. The number of allylic oxidation sites excluding steroid dienone is 1. The zero-order valence-corrected chi connectivity index (χ0v) is 10.8. The molecule has 0 spiro atoms. The van der Waals surface area contributed by atoms with Crippen LogP contribution in [0.2, 0.25) is 0 Å². The maximum absolute atomic E-state index is 12.1. The topological polar surface area (TPSA) is 49.8 Å². The van der Waals surface area contributed by atoms with Crippen LogP contribution in [0.1, 0.15) is 46.5 Å². The molecule has 4 nitrogen and oxygen atoms in total. The molecule has 1 aliphatic carbocycles. The molecule has 17 heavy (non-hydrogen) atoms. The van der Waals surface area contributed by atoms with E-state index < -0.39 is 5.60 Å². The van der Waals surface area contributed by atoms with E-state index >= 15 is 0 Å². The summed E-state index contributed by atoms with van der Waals surface area (Å²) >= 11 is 0. The highest BCUT2D eigenvalue weighted by atomic mass is 16.6. The van der Waals surface area contributed by atoms with Crippen molar-refractivity contribution in [3.63, 3.8) is 0 Å². The number of carbonyl (C=O) groups excluding carboxylic acids is 1. The lowest BCUT2D eigenvalue weighted by Gasteiger charge is -2.29. The molecule has 1 amide bonds. The van der Waals surface area contributed by atoms with E-state index in [-0.39, 0.29) is 18.7 Å². The van der Waals surface area contributed by atoms with Gasteiger partial charge in [0, 0.05) is 5.70 Å². The minimum atomic E-state index is -0.487. The van der Waals surface area contributed by atoms with E-state index in [2.05, 4.69) is 0 Å². The van der Waals surface area contributed by atoms with Gasteiger partial charge in [0.15, 0.2) is 0 Å². The van der Waals surface area contributed by atoms with E-state index in [0.29, 0.717) is 0 Å². The summed E-state index contributed by atoms with van der Waals surface area (Å²) in [5, 5.41) is 9.36. The number of ether oxygens (including phenoxy) is 1. The number of aliphatic hydroxyl groups is 1. The van der Waals surface area contributed by atoms with Crippen LogP contribution in [0.3, 0.4) is 0 Å². The maximum atomic E-state index is 12.1. The van der Waals surface area contributed by atoms with Gasteiger partial charge >= 0.3 is 6.09 Å². The first kappa shape index (κ1) is 12.4. The average Bonchev–Trinajstić information content (AvgIpc) is 2.71. The Morgan fingerprint density at radius 2 is 2.18 bits per heavy atom. The number of hydrogen-bond donors (Lipinski definition) is 1. The van der Waals surface area contributed by atoms with Crippen LogP contribution >= 0.6 is 0 Å². The van der Waals surface area contributed by atoms with Crippen molar-refractivity contribution in [1.29, 1.82) is 0 Å². The lowest BCUT2D eigenvalue weighted by atomic mass is 10.1. The molecule has 0 saturated heterocycles. The fourth-order valence-electron chi connectivity index (χ4n) is 2.61. The lowest BCUT2D eigenvalue weighted by Crippen LogP contribution is -2.41. The van der Waals surface area contributed by atoms with Crippen molar-refractivity contribution in [3.8, 4) is 0 Å². The normalized spacial score (nSPS) is 24.2. The Kier molecular flexibility index (Phi) is 3.17. The molecule has 4 heteroatoms. The Labute approximate surface area is 102 Å². The molecule has 0 saturated carbocycles. The number of rotatable bonds is 1. The summed E-state index contributed by atoms with van der Waals surface area (Å²) in [6.07, 6.45) is 3.60. The Balaban J connectivity index is 2.14. The summed E-state index contributed by atoms with van der Waals surface area (Å²) in [6, 6.07) is -0.116. The number of likely N-dealkylation sites (tertiary alicyclic amines) is 1. The van der Waals surface area contributed by atoms with E-state index in [4.69, 9.17) is 4.74 Å². The molecule has 1 unspecified atom stereocenters. The van der Waals surface area contributed by atoms with Gasteiger partial charge in [0.25, 0.3) is 0 Å². The first-order valence-corrected chi connectivity index (χ1v) is 6.26. The molecule has 96 valence electrons. The predicted molar refractivity (Wildman–Crippen MR) is 64.4 cm³/mol. The van der Waals surface area contributed by atoms with E-state index in [1.54, 1.807) is 4.90 Å². The molecular formula is C13H21NO3. The minimum absolute atomic E-state index is 0.00619. The molecule has 0 bridgehead atoms. The van der Waals surface area contributed by atoms with Gasteiger partial charge in [-0.25, -0.2) is 4.79 Å². The highest BCUT2D eigenvalue weighted by Crippen LogP contribution is 2.40. The van der Waals surface area contributed by atoms with E-state index in [9.17, 15) is 9.90 Å². The molecule has 1 atom stereocenters. The summed E-state index contributed by atoms with van der Waals surface area (Å²) in [5.74, 6) is 0. The molecule has 2 aliphatic rings. The highest BCUT2D eigenvalue weighted by Gasteiger charge is 2.39. The van der Waals surface area contributed by atoms with Crippen LogP contribution in [0.15, 0.2) is 11.3 Å². The maximum Gasteiger partial charge on any atom is 0.414 e. The minimum Gasteiger partial charge on any atom is -0.443 e. The Morgan fingerprint density at radius 1 is 1.47 bits per heavy atom. The molecule has 0 fully saturated rings. The highest BCUT2D eigenvalue weighted by molar-refractivity contribution is 5.72. The van der Waals surface area contributed by atoms with E-state index in [0.717, 1.165) is 31.4 Å². The number of hydrogen-bond acceptors (Lipinski definition) is 3. The molecule has 1 heterocycles. The van der Waals surface area contributed by atoms with Crippen LogP contribution < -0.4 is 0 Å². The number of amides is 1. The first-order chi connectivity index (χ1) is 7.92. The third kappa shape index (κ3) is 2.46. The van der Waals surface area contributed by atoms with Crippen LogP contribution in [-0.4, -0.2) is 34.3 Å². The van der Waals surface area contributed by atoms with Crippen LogP contribution in [0.4, 0.5) is 4.79 Å². The van der Waals surface area contributed by atoms with Crippen molar-refractivity contribution in [1.82, 2.24) is 4.90 Å². The van der Waals surface area contributed by atoms with Crippen LogP contribution in [-0.2, 0) is 4.74 Å². The van der Waals surface area contributed by atoms with E-state index in [1.807, 2.05) is 20.8 Å². The molecule has 2 rings (SSSR count). The van der Waals surface area contributed by atoms with Gasteiger partial charge in [-0.3, -0.25) is 4.90 Å². The van der Waals surface area contributed by atoms with Crippen LogP contribution in [0, 0.1) is 0 Å². The molecule has 1 N–H and O–H groups in total. The first-order valence-electron chi connectivity index (χ1n) is 6.26. The molecular weight excluding hydrogens is 218 g/mol. The second-order valence-electron chi connectivity index (χ2n) is 5.79. The third-order valence-corrected chi connectivity index (χ3v) is 3.24. The second kappa shape index (κ2) is 4.33. The van der Waals surface area contributed by atoms with Crippen molar-refractivity contribution in [2.45, 2.75) is 58.1 Å². The van der Waals surface area contributed by atoms with E-state index in [1.165, 1.54) is 5.57 Å². The van der Waals surface area contributed by atoms with Gasteiger partial charge in [-0.05, 0) is 52.0 Å². The van der Waals surface area contributed by atoms with Gasteiger partial charge in [-0.2, -0.15) is 0 Å². The van der Waals surface area contributed by atoms with Gasteiger partial charge in [-0.1, -0.05) is 0 Å². The Hall–Kier alpha value is -1.03. The van der Waals surface area contributed by atoms with Crippen molar-refractivity contribution in [3.05, 3.63) is 11.3 Å². The van der Waals surface area contributed by atoms with Crippen LogP contribution in [0.5, 0.6) is 0 Å². The Bertz CT molecular complexity index is 354. The van der Waals surface area contributed by atoms with Crippen LogP contribution in [0.25, 0.3) is 0 Å². The SMILES string of the molecule is CC(C)(C)OC(=O)N1C2=C(CCC2)CC1CO. The number of nitrogens with zero attached hydrogens (tertiary/aromatic N) is 1. The molecule has 0 aromatic carbocycles. The third-order valence-electron chi connectivity index (χ3n) is 3.24. The second-order valence-corrected chi connectivity index (χ2v) is 5.79. The standard InChI is InChI=1S/C13H21NO3/c1-13(2,3)17-12(16)14-10(8-15)7-9-5-4-6-11(9)14/h10,15H,4-8H2,1-3H3. The molecule has 1 aliphatic heterocycles. The fourth-order valence-corrected chi connectivity index (χ4v) is 2.61. The largest absolute Gasteiger partial charge is 0.443 e. The Morgan fingerprint density at radius 3 is 2.76 bits per heavy atom. The van der Waals surface area contributed by atoms with Crippen molar-refractivity contribution < 1.29 is 14.6 Å². The van der Waals surface area contributed by atoms with Crippen molar-refractivity contribution in [2.24, 2.45) is 0 Å². The molecule has 0 aromatic heterocycles. The van der Waals surface area contributed by atoms with Gasteiger partial charge < -0.3 is 9.84 Å². The van der Waals surface area contributed by atoms with Gasteiger partial charge in [0.1, 0.15) is 5.60 Å². The number of aliphatic hydroxyl groups excluding tert-OH is 1. The molecule has 0 radical (unpaired) electrons. The van der Waals surface area contributed by atoms with Gasteiger partial charge in [0.2, 0.25) is 0 Å². The van der Waals surface area contributed by atoms with Gasteiger partial charge in [0.05, 0.1) is 12.6 Å². The number of carbonyl (C=O) groups is 1. The lowest BCUT2D eigenvalue weighted by molar-refractivity contribution is 0.0208. The average molecular weight is 239 g/mol. The quantitative estimate of drug-likeness (QED) is 0.764. The monoisotopic (exact) mass is 239 g/mol. The predicted octanol–water partition coefficient (Wildman–Crippen LogP) is 2.43. The summed E-state index contributed by atoms with van der Waals surface area (Å²) in [6.45, 7) is 5.59.